The molecule has 0 radical (unpaired) electrons. The topological polar surface area (TPSA) is 24.9 Å². The summed E-state index contributed by atoms with van der Waals surface area (Å²) < 4.78 is 0.978. The standard InChI is InChI=1S/C13H12BrClN2/c14-12-9-10(15)4-5-13(12)17-8-6-11-3-1-2-7-16-11/h1-5,7,9,17H,6,8H2. The maximum atomic E-state index is 5.88. The number of hydrogen-bond donors (Lipinski definition) is 1. The first-order chi connectivity index (χ1) is 8.25. The average molecular weight is 312 g/mol. The van der Waals surface area contributed by atoms with E-state index in [0.29, 0.717) is 0 Å². The molecule has 0 unspecified atom stereocenters. The van der Waals surface area contributed by atoms with Crippen LogP contribution in [-0.4, -0.2) is 11.5 Å². The lowest BCUT2D eigenvalue weighted by molar-refractivity contribution is 0.961. The Bertz CT molecular complexity index is 488. The highest BCUT2D eigenvalue weighted by molar-refractivity contribution is 9.10. The molecule has 2 aromatic rings. The van der Waals surface area contributed by atoms with Crippen molar-refractivity contribution in [3.8, 4) is 0 Å². The van der Waals surface area contributed by atoms with E-state index in [1.54, 1.807) is 0 Å². The van der Waals surface area contributed by atoms with Gasteiger partial charge in [-0.15, -0.1) is 0 Å². The van der Waals surface area contributed by atoms with Crippen molar-refractivity contribution >= 4 is 33.2 Å². The maximum absolute atomic E-state index is 5.88. The lowest BCUT2D eigenvalue weighted by atomic mass is 10.2. The third-order valence-electron chi connectivity index (χ3n) is 2.35. The second kappa shape index (κ2) is 6.03. The molecule has 0 aliphatic heterocycles. The van der Waals surface area contributed by atoms with Crippen LogP contribution < -0.4 is 5.32 Å². The van der Waals surface area contributed by atoms with Crippen molar-refractivity contribution in [3.05, 3.63) is 57.8 Å². The van der Waals surface area contributed by atoms with Crippen molar-refractivity contribution in [1.29, 1.82) is 0 Å². The molecule has 88 valence electrons. The van der Waals surface area contributed by atoms with E-state index in [1.807, 2.05) is 42.6 Å². The van der Waals surface area contributed by atoms with Gasteiger partial charge in [0.15, 0.2) is 0 Å². The number of nitrogens with one attached hydrogen (secondary N) is 1. The number of aromatic nitrogens is 1. The zero-order chi connectivity index (χ0) is 12.1. The number of halogens is 2. The molecule has 17 heavy (non-hydrogen) atoms. The van der Waals surface area contributed by atoms with Gasteiger partial charge in [-0.2, -0.15) is 0 Å². The Labute approximate surface area is 114 Å². The Kier molecular flexibility index (Phi) is 4.40. The number of nitrogens with zero attached hydrogens (tertiary/aromatic N) is 1. The van der Waals surface area contributed by atoms with Gasteiger partial charge in [0.05, 0.1) is 0 Å². The highest BCUT2D eigenvalue weighted by Gasteiger charge is 2.00. The summed E-state index contributed by atoms with van der Waals surface area (Å²) in [6.45, 7) is 0.844. The van der Waals surface area contributed by atoms with Crippen LogP contribution in [0.5, 0.6) is 0 Å². The molecule has 1 N–H and O–H groups in total. The van der Waals surface area contributed by atoms with E-state index in [0.717, 1.165) is 33.8 Å². The molecular formula is C13H12BrClN2. The van der Waals surface area contributed by atoms with Crippen molar-refractivity contribution in [2.24, 2.45) is 0 Å². The van der Waals surface area contributed by atoms with E-state index in [4.69, 9.17) is 11.6 Å². The Hall–Kier alpha value is -1.06. The largest absolute Gasteiger partial charge is 0.384 e. The predicted octanol–water partition coefficient (Wildman–Crippen LogP) is 4.15. The number of rotatable bonds is 4. The molecule has 2 nitrogen and oxygen atoms in total. The van der Waals surface area contributed by atoms with Crippen molar-refractivity contribution < 1.29 is 0 Å². The molecule has 0 saturated heterocycles. The second-order valence-electron chi connectivity index (χ2n) is 3.62. The summed E-state index contributed by atoms with van der Waals surface area (Å²) in [7, 11) is 0. The Balaban J connectivity index is 1.90. The summed E-state index contributed by atoms with van der Waals surface area (Å²) in [6.07, 6.45) is 2.71. The van der Waals surface area contributed by atoms with Gasteiger partial charge in [-0.1, -0.05) is 17.7 Å². The van der Waals surface area contributed by atoms with Crippen molar-refractivity contribution in [3.63, 3.8) is 0 Å². The van der Waals surface area contributed by atoms with Crippen LogP contribution in [0.4, 0.5) is 5.69 Å². The first-order valence-corrected chi connectivity index (χ1v) is 6.51. The van der Waals surface area contributed by atoms with Gasteiger partial charge < -0.3 is 5.32 Å². The first kappa shape index (κ1) is 12.4. The Morgan fingerprint density at radius 3 is 2.82 bits per heavy atom. The lowest BCUT2D eigenvalue weighted by Crippen LogP contribution is -2.06. The van der Waals surface area contributed by atoms with Crippen LogP contribution in [0.25, 0.3) is 0 Å². The fraction of sp³-hybridized carbons (Fsp3) is 0.154. The average Bonchev–Trinajstić information content (AvgIpc) is 2.33. The zero-order valence-corrected chi connectivity index (χ0v) is 11.5. The molecule has 0 aliphatic carbocycles. The molecule has 0 bridgehead atoms. The highest BCUT2D eigenvalue weighted by atomic mass is 79.9. The van der Waals surface area contributed by atoms with Crippen molar-refractivity contribution in [1.82, 2.24) is 4.98 Å². The van der Waals surface area contributed by atoms with Gasteiger partial charge >= 0.3 is 0 Å². The fourth-order valence-corrected chi connectivity index (χ4v) is 2.33. The lowest BCUT2D eigenvalue weighted by Gasteiger charge is -2.08. The Morgan fingerprint density at radius 2 is 2.12 bits per heavy atom. The number of benzene rings is 1. The highest BCUT2D eigenvalue weighted by Crippen LogP contribution is 2.25. The summed E-state index contributed by atoms with van der Waals surface area (Å²) >= 11 is 9.35. The predicted molar refractivity (Wildman–Crippen MR) is 75.6 cm³/mol. The molecule has 2 rings (SSSR count). The molecule has 1 heterocycles. The van der Waals surface area contributed by atoms with Gasteiger partial charge in [0.2, 0.25) is 0 Å². The van der Waals surface area contributed by atoms with Crippen LogP contribution in [0, 0.1) is 0 Å². The summed E-state index contributed by atoms with van der Waals surface area (Å²) in [6, 6.07) is 11.7. The third-order valence-corrected chi connectivity index (χ3v) is 3.25. The van der Waals surface area contributed by atoms with Crippen LogP contribution in [0.2, 0.25) is 5.02 Å². The molecule has 0 amide bonds. The summed E-state index contributed by atoms with van der Waals surface area (Å²) in [5.41, 5.74) is 2.13. The van der Waals surface area contributed by atoms with Gasteiger partial charge in [0.25, 0.3) is 0 Å². The molecule has 1 aromatic carbocycles. The number of pyridine rings is 1. The summed E-state index contributed by atoms with van der Waals surface area (Å²) in [5.74, 6) is 0. The van der Waals surface area contributed by atoms with E-state index >= 15 is 0 Å². The molecule has 0 fully saturated rings. The van der Waals surface area contributed by atoms with E-state index in [1.165, 1.54) is 0 Å². The van der Waals surface area contributed by atoms with Crippen molar-refractivity contribution in [2.75, 3.05) is 11.9 Å². The molecule has 0 spiro atoms. The van der Waals surface area contributed by atoms with Crippen LogP contribution in [0.1, 0.15) is 5.69 Å². The minimum atomic E-state index is 0.729. The van der Waals surface area contributed by atoms with Crippen molar-refractivity contribution in [2.45, 2.75) is 6.42 Å². The molecule has 4 heteroatoms. The van der Waals surface area contributed by atoms with E-state index in [9.17, 15) is 0 Å². The minimum absolute atomic E-state index is 0.729. The SMILES string of the molecule is Clc1ccc(NCCc2ccccn2)c(Br)c1. The van der Waals surface area contributed by atoms with E-state index in [2.05, 4.69) is 26.2 Å². The quantitative estimate of drug-likeness (QED) is 0.917. The van der Waals surface area contributed by atoms with Gasteiger partial charge in [-0.3, -0.25) is 4.98 Å². The van der Waals surface area contributed by atoms with Crippen LogP contribution in [0.15, 0.2) is 47.1 Å². The smallest absolute Gasteiger partial charge is 0.0485 e. The van der Waals surface area contributed by atoms with Gasteiger partial charge in [-0.05, 0) is 46.3 Å². The summed E-state index contributed by atoms with van der Waals surface area (Å²) in [4.78, 5) is 4.27. The van der Waals surface area contributed by atoms with Gasteiger partial charge in [0, 0.05) is 40.0 Å². The summed E-state index contributed by atoms with van der Waals surface area (Å²) in [5, 5.41) is 4.07. The molecule has 0 aliphatic rings. The van der Waals surface area contributed by atoms with Gasteiger partial charge in [-0.25, -0.2) is 0 Å². The fourth-order valence-electron chi connectivity index (χ4n) is 1.50. The first-order valence-electron chi connectivity index (χ1n) is 5.34. The van der Waals surface area contributed by atoms with Crippen LogP contribution in [0.3, 0.4) is 0 Å². The molecule has 0 atom stereocenters. The maximum Gasteiger partial charge on any atom is 0.0485 e. The molecule has 1 aromatic heterocycles. The Morgan fingerprint density at radius 1 is 1.24 bits per heavy atom. The normalized spacial score (nSPS) is 10.2. The number of hydrogen-bond acceptors (Lipinski definition) is 2. The van der Waals surface area contributed by atoms with E-state index < -0.39 is 0 Å². The van der Waals surface area contributed by atoms with Gasteiger partial charge in [0.1, 0.15) is 0 Å². The van der Waals surface area contributed by atoms with Crippen LogP contribution >= 0.6 is 27.5 Å². The second-order valence-corrected chi connectivity index (χ2v) is 4.91. The van der Waals surface area contributed by atoms with Crippen LogP contribution in [-0.2, 0) is 6.42 Å². The van der Waals surface area contributed by atoms with E-state index in [-0.39, 0.29) is 0 Å². The minimum Gasteiger partial charge on any atom is -0.384 e. The molecular weight excluding hydrogens is 300 g/mol. The number of anilines is 1. The third kappa shape index (κ3) is 3.72. The monoisotopic (exact) mass is 310 g/mol. The molecule has 0 saturated carbocycles. The zero-order valence-electron chi connectivity index (χ0n) is 9.16.